The Kier molecular flexibility index (Phi) is 5.63. The van der Waals surface area contributed by atoms with Gasteiger partial charge in [-0.3, -0.25) is 4.79 Å². The zero-order valence-electron chi connectivity index (χ0n) is 7.27. The van der Waals surface area contributed by atoms with Crippen molar-refractivity contribution in [2.24, 2.45) is 0 Å². The third-order valence-electron chi connectivity index (χ3n) is 1.30. The molecule has 1 rings (SSSR count). The van der Waals surface area contributed by atoms with Crippen molar-refractivity contribution < 1.29 is 30.8 Å². The van der Waals surface area contributed by atoms with Gasteiger partial charge in [-0.25, -0.2) is 9.59 Å². The number of carbonyl (C=O) groups is 2. The minimum atomic E-state index is -1.37. The zero-order valence-corrected chi connectivity index (χ0v) is 7.27. The maximum Gasteiger partial charge on any atom is 0.352 e. The molecular weight excluding hydrogens is 210 g/mol. The standard InChI is InChI=1S/C7H5NO5.2H2O/c9-3-1-4(6(10)11)8-5(2-3)7(12)13;;/h1-2H,(H,8,9)(H,10,11)(H,12,13);2*1H2. The average molecular weight is 219 g/mol. The van der Waals surface area contributed by atoms with Crippen molar-refractivity contribution in [2.45, 2.75) is 0 Å². The molecule has 0 bridgehead atoms. The molecule has 0 saturated heterocycles. The Balaban J connectivity index is 0. The van der Waals surface area contributed by atoms with Crippen LogP contribution < -0.4 is 5.43 Å². The molecule has 0 fully saturated rings. The number of aromatic amines is 1. The van der Waals surface area contributed by atoms with E-state index in [9.17, 15) is 14.4 Å². The fraction of sp³-hybridized carbons (Fsp3) is 0. The van der Waals surface area contributed by atoms with Crippen molar-refractivity contribution in [1.29, 1.82) is 0 Å². The highest BCUT2D eigenvalue weighted by Gasteiger charge is 2.09. The molecule has 1 aromatic rings. The van der Waals surface area contributed by atoms with Gasteiger partial charge in [-0.1, -0.05) is 0 Å². The summed E-state index contributed by atoms with van der Waals surface area (Å²) in [5.74, 6) is -2.75. The van der Waals surface area contributed by atoms with E-state index in [2.05, 4.69) is 4.98 Å². The van der Waals surface area contributed by atoms with Crippen molar-refractivity contribution in [2.75, 3.05) is 0 Å². The van der Waals surface area contributed by atoms with Crippen molar-refractivity contribution in [1.82, 2.24) is 4.98 Å². The summed E-state index contributed by atoms with van der Waals surface area (Å²) in [4.78, 5) is 33.6. The van der Waals surface area contributed by atoms with Gasteiger partial charge in [0.05, 0.1) is 0 Å². The van der Waals surface area contributed by atoms with Gasteiger partial charge < -0.3 is 26.1 Å². The molecule has 0 saturated carbocycles. The first-order valence-corrected chi connectivity index (χ1v) is 3.21. The number of aromatic nitrogens is 1. The smallest absolute Gasteiger partial charge is 0.352 e. The summed E-state index contributed by atoms with van der Waals surface area (Å²) in [6.45, 7) is 0. The van der Waals surface area contributed by atoms with Crippen LogP contribution in [0.4, 0.5) is 0 Å². The lowest BCUT2D eigenvalue weighted by Gasteiger charge is -1.96. The fourth-order valence-corrected chi connectivity index (χ4v) is 0.774. The second kappa shape index (κ2) is 5.52. The Bertz CT molecular complexity index is 386. The van der Waals surface area contributed by atoms with Crippen LogP contribution in [-0.4, -0.2) is 38.1 Å². The normalized spacial score (nSPS) is 8.27. The second-order valence-electron chi connectivity index (χ2n) is 2.25. The number of carboxylic acids is 2. The van der Waals surface area contributed by atoms with Gasteiger partial charge in [0.15, 0.2) is 5.43 Å². The molecule has 0 unspecified atom stereocenters. The summed E-state index contributed by atoms with van der Waals surface area (Å²) in [5.41, 5.74) is -1.54. The van der Waals surface area contributed by atoms with Crippen LogP contribution in [0.1, 0.15) is 21.0 Å². The quantitative estimate of drug-likeness (QED) is 0.527. The molecule has 0 spiro atoms. The summed E-state index contributed by atoms with van der Waals surface area (Å²) in [7, 11) is 0. The molecule has 15 heavy (non-hydrogen) atoms. The predicted octanol–water partition coefficient (Wildman–Crippen LogP) is -1.88. The molecular formula is C7H9NO7. The van der Waals surface area contributed by atoms with Gasteiger partial charge in [-0.05, 0) is 0 Å². The lowest BCUT2D eigenvalue weighted by Crippen LogP contribution is -2.13. The Morgan fingerprint density at radius 1 is 1.00 bits per heavy atom. The number of rotatable bonds is 2. The minimum Gasteiger partial charge on any atom is -0.477 e. The van der Waals surface area contributed by atoms with E-state index in [1.54, 1.807) is 0 Å². The van der Waals surface area contributed by atoms with Gasteiger partial charge in [0.1, 0.15) is 11.4 Å². The van der Waals surface area contributed by atoms with Crippen LogP contribution >= 0.6 is 0 Å². The van der Waals surface area contributed by atoms with E-state index in [1.165, 1.54) is 0 Å². The average Bonchev–Trinajstić information content (AvgIpc) is 2.03. The molecule has 0 aromatic carbocycles. The van der Waals surface area contributed by atoms with Gasteiger partial charge in [0, 0.05) is 12.1 Å². The maximum absolute atomic E-state index is 10.8. The molecule has 0 atom stereocenters. The number of aromatic carboxylic acids is 2. The molecule has 0 aliphatic carbocycles. The third-order valence-corrected chi connectivity index (χ3v) is 1.30. The Labute approximate surface area is 82.4 Å². The summed E-state index contributed by atoms with van der Waals surface area (Å²) in [6, 6.07) is 1.63. The molecule has 8 heteroatoms. The van der Waals surface area contributed by atoms with Crippen LogP contribution in [0.3, 0.4) is 0 Å². The number of hydrogen-bond donors (Lipinski definition) is 3. The highest BCUT2D eigenvalue weighted by molar-refractivity contribution is 5.89. The van der Waals surface area contributed by atoms with Gasteiger partial charge in [-0.2, -0.15) is 0 Å². The van der Waals surface area contributed by atoms with Gasteiger partial charge in [-0.15, -0.1) is 0 Å². The fourth-order valence-electron chi connectivity index (χ4n) is 0.774. The van der Waals surface area contributed by atoms with Crippen LogP contribution in [0.5, 0.6) is 0 Å². The number of pyridine rings is 1. The van der Waals surface area contributed by atoms with Gasteiger partial charge in [0.25, 0.3) is 0 Å². The summed E-state index contributed by atoms with van der Waals surface area (Å²) in [5, 5.41) is 16.9. The summed E-state index contributed by atoms with van der Waals surface area (Å²) < 4.78 is 0. The lowest BCUT2D eigenvalue weighted by molar-refractivity contribution is 0.0685. The Morgan fingerprint density at radius 3 is 1.60 bits per heavy atom. The second-order valence-corrected chi connectivity index (χ2v) is 2.25. The highest BCUT2D eigenvalue weighted by Crippen LogP contribution is 1.94. The van der Waals surface area contributed by atoms with Gasteiger partial charge >= 0.3 is 11.9 Å². The SMILES string of the molecule is O.O.O=C(O)c1cc(=O)cc(C(=O)O)[nH]1. The topological polar surface area (TPSA) is 170 Å². The van der Waals surface area contributed by atoms with Crippen molar-refractivity contribution in [3.8, 4) is 0 Å². The van der Waals surface area contributed by atoms with Crippen molar-refractivity contribution in [3.05, 3.63) is 33.7 Å². The van der Waals surface area contributed by atoms with E-state index in [4.69, 9.17) is 10.2 Å². The zero-order chi connectivity index (χ0) is 10.0. The molecule has 0 radical (unpaired) electrons. The first-order chi connectivity index (χ1) is 6.00. The molecule has 1 aromatic heterocycles. The summed E-state index contributed by atoms with van der Waals surface area (Å²) >= 11 is 0. The number of H-pyrrole nitrogens is 1. The Hall–Kier alpha value is -2.19. The first kappa shape index (κ1) is 15.3. The minimum absolute atomic E-state index is 0. The molecule has 0 aliphatic rings. The molecule has 8 nitrogen and oxygen atoms in total. The van der Waals surface area contributed by atoms with Crippen molar-refractivity contribution in [3.63, 3.8) is 0 Å². The molecule has 0 amide bonds. The largest absolute Gasteiger partial charge is 0.477 e. The van der Waals surface area contributed by atoms with Crippen LogP contribution in [0.25, 0.3) is 0 Å². The van der Waals surface area contributed by atoms with Crippen LogP contribution in [0.2, 0.25) is 0 Å². The van der Waals surface area contributed by atoms with Crippen LogP contribution in [0.15, 0.2) is 16.9 Å². The van der Waals surface area contributed by atoms with E-state index < -0.39 is 28.8 Å². The summed E-state index contributed by atoms with van der Waals surface area (Å²) in [6.07, 6.45) is 0. The van der Waals surface area contributed by atoms with Crippen LogP contribution in [0, 0.1) is 0 Å². The van der Waals surface area contributed by atoms with Gasteiger partial charge in [0.2, 0.25) is 0 Å². The molecule has 84 valence electrons. The Morgan fingerprint density at radius 2 is 1.33 bits per heavy atom. The molecule has 0 aliphatic heterocycles. The van der Waals surface area contributed by atoms with E-state index >= 15 is 0 Å². The maximum atomic E-state index is 10.8. The van der Waals surface area contributed by atoms with Crippen molar-refractivity contribution >= 4 is 11.9 Å². The number of hydrogen-bond acceptors (Lipinski definition) is 3. The van der Waals surface area contributed by atoms with E-state index in [-0.39, 0.29) is 11.0 Å². The number of carboxylic acid groups (broad SMARTS) is 2. The lowest BCUT2D eigenvalue weighted by atomic mass is 10.3. The number of nitrogens with one attached hydrogen (secondary N) is 1. The molecule has 7 N–H and O–H groups in total. The van der Waals surface area contributed by atoms with E-state index in [0.717, 1.165) is 12.1 Å². The predicted molar refractivity (Wildman–Crippen MR) is 48.2 cm³/mol. The van der Waals surface area contributed by atoms with E-state index in [0.29, 0.717) is 0 Å². The third kappa shape index (κ3) is 3.58. The highest BCUT2D eigenvalue weighted by atomic mass is 16.4. The molecule has 1 heterocycles. The van der Waals surface area contributed by atoms with Crippen LogP contribution in [-0.2, 0) is 0 Å². The first-order valence-electron chi connectivity index (χ1n) is 3.21. The monoisotopic (exact) mass is 219 g/mol. The van der Waals surface area contributed by atoms with E-state index in [1.807, 2.05) is 0 Å².